The maximum Gasteiger partial charge on any atom is 0.237 e. The average Bonchev–Trinajstić information content (AvgIpc) is 2.12. The first-order chi connectivity index (χ1) is 6.57. The highest BCUT2D eigenvalue weighted by Crippen LogP contribution is 1.89. The number of hydrogen-bond donors (Lipinski definition) is 2. The van der Waals surface area contributed by atoms with Gasteiger partial charge in [-0.15, -0.1) is 6.58 Å². The van der Waals surface area contributed by atoms with Gasteiger partial charge in [0.25, 0.3) is 0 Å². The average molecular weight is 199 g/mol. The lowest BCUT2D eigenvalue weighted by molar-refractivity contribution is -0.122. The van der Waals surface area contributed by atoms with E-state index in [1.54, 1.807) is 6.08 Å². The number of amides is 1. The van der Waals surface area contributed by atoms with E-state index in [2.05, 4.69) is 16.8 Å². The third-order valence-electron chi connectivity index (χ3n) is 1.84. The third kappa shape index (κ3) is 6.62. The second-order valence-corrected chi connectivity index (χ2v) is 3.58. The Morgan fingerprint density at radius 3 is 2.79 bits per heavy atom. The molecule has 1 amide bonds. The van der Waals surface area contributed by atoms with Gasteiger partial charge in [0.15, 0.2) is 0 Å². The van der Waals surface area contributed by atoms with Crippen molar-refractivity contribution in [2.75, 3.05) is 27.2 Å². The van der Waals surface area contributed by atoms with E-state index in [9.17, 15) is 4.79 Å². The van der Waals surface area contributed by atoms with Crippen molar-refractivity contribution < 1.29 is 4.79 Å². The van der Waals surface area contributed by atoms with Crippen LogP contribution in [0.3, 0.4) is 0 Å². The van der Waals surface area contributed by atoms with Crippen molar-refractivity contribution in [2.45, 2.75) is 18.9 Å². The Kier molecular flexibility index (Phi) is 7.06. The number of nitrogens with zero attached hydrogens (tertiary/aromatic N) is 1. The highest BCUT2D eigenvalue weighted by molar-refractivity contribution is 5.81. The van der Waals surface area contributed by atoms with E-state index in [4.69, 9.17) is 5.73 Å². The van der Waals surface area contributed by atoms with Gasteiger partial charge in [-0.1, -0.05) is 6.08 Å². The molecule has 0 spiro atoms. The first-order valence-corrected chi connectivity index (χ1v) is 4.87. The molecular weight excluding hydrogens is 178 g/mol. The van der Waals surface area contributed by atoms with Crippen molar-refractivity contribution >= 4 is 5.91 Å². The summed E-state index contributed by atoms with van der Waals surface area (Å²) >= 11 is 0. The van der Waals surface area contributed by atoms with E-state index in [-0.39, 0.29) is 5.91 Å². The Labute approximate surface area is 86.1 Å². The molecule has 1 atom stereocenters. The van der Waals surface area contributed by atoms with Crippen LogP contribution in [-0.4, -0.2) is 44.0 Å². The van der Waals surface area contributed by atoms with Crippen LogP contribution in [-0.2, 0) is 4.79 Å². The Bertz CT molecular complexity index is 180. The molecule has 0 bridgehead atoms. The van der Waals surface area contributed by atoms with Crippen LogP contribution < -0.4 is 11.1 Å². The molecule has 0 saturated carbocycles. The minimum atomic E-state index is -0.452. The third-order valence-corrected chi connectivity index (χ3v) is 1.84. The fourth-order valence-electron chi connectivity index (χ4n) is 1.02. The maximum atomic E-state index is 11.3. The van der Waals surface area contributed by atoms with Crippen molar-refractivity contribution in [2.24, 2.45) is 5.73 Å². The summed E-state index contributed by atoms with van der Waals surface area (Å²) in [6.45, 7) is 5.19. The fraction of sp³-hybridized carbons (Fsp3) is 0.700. The van der Waals surface area contributed by atoms with Crippen molar-refractivity contribution in [3.8, 4) is 0 Å². The number of carbonyl (C=O) groups is 1. The zero-order chi connectivity index (χ0) is 11.0. The van der Waals surface area contributed by atoms with Gasteiger partial charge in [-0.2, -0.15) is 0 Å². The number of carbonyl (C=O) groups excluding carboxylic acids is 1. The molecular formula is C10H21N3O. The summed E-state index contributed by atoms with van der Waals surface area (Å²) in [5, 5.41) is 2.78. The van der Waals surface area contributed by atoms with Gasteiger partial charge >= 0.3 is 0 Å². The standard InChI is InChI=1S/C10H21N3O/c1-4-6-9(11)10(14)12-7-5-8-13(2)3/h4,9H,1,5-8,11H2,2-3H3,(H,12,14). The maximum absolute atomic E-state index is 11.3. The molecule has 3 N–H and O–H groups in total. The smallest absolute Gasteiger partial charge is 0.237 e. The van der Waals surface area contributed by atoms with Crippen molar-refractivity contribution in [1.82, 2.24) is 10.2 Å². The van der Waals surface area contributed by atoms with Crippen LogP contribution in [0.5, 0.6) is 0 Å². The van der Waals surface area contributed by atoms with Gasteiger partial charge in [0.05, 0.1) is 6.04 Å². The van der Waals surface area contributed by atoms with E-state index in [1.807, 2.05) is 14.1 Å². The monoisotopic (exact) mass is 199 g/mol. The van der Waals surface area contributed by atoms with E-state index >= 15 is 0 Å². The van der Waals surface area contributed by atoms with Gasteiger partial charge in [-0.25, -0.2) is 0 Å². The SMILES string of the molecule is C=CCC(N)C(=O)NCCCN(C)C. The van der Waals surface area contributed by atoms with Crippen LogP contribution in [0.15, 0.2) is 12.7 Å². The van der Waals surface area contributed by atoms with Crippen LogP contribution in [0.4, 0.5) is 0 Å². The molecule has 0 radical (unpaired) electrons. The molecule has 0 heterocycles. The summed E-state index contributed by atoms with van der Waals surface area (Å²) in [5.74, 6) is -0.0938. The topological polar surface area (TPSA) is 58.4 Å². The molecule has 0 aromatic carbocycles. The number of nitrogens with two attached hydrogens (primary N) is 1. The molecule has 0 aliphatic carbocycles. The molecule has 14 heavy (non-hydrogen) atoms. The molecule has 1 unspecified atom stereocenters. The zero-order valence-electron chi connectivity index (χ0n) is 9.12. The van der Waals surface area contributed by atoms with Crippen LogP contribution in [0.25, 0.3) is 0 Å². The highest BCUT2D eigenvalue weighted by atomic mass is 16.2. The summed E-state index contributed by atoms with van der Waals surface area (Å²) in [7, 11) is 4.01. The summed E-state index contributed by atoms with van der Waals surface area (Å²) in [6, 6.07) is -0.452. The molecule has 0 aromatic rings. The zero-order valence-corrected chi connectivity index (χ0v) is 9.12. The minimum Gasteiger partial charge on any atom is -0.355 e. The first kappa shape index (κ1) is 13.1. The van der Waals surface area contributed by atoms with Gasteiger partial charge in [0.2, 0.25) is 5.91 Å². The molecule has 4 heteroatoms. The summed E-state index contributed by atoms with van der Waals surface area (Å²) in [6.07, 6.45) is 3.13. The Balaban J connectivity index is 3.48. The van der Waals surface area contributed by atoms with Crippen molar-refractivity contribution in [3.05, 3.63) is 12.7 Å². The van der Waals surface area contributed by atoms with Crippen molar-refractivity contribution in [3.63, 3.8) is 0 Å². The Morgan fingerprint density at radius 1 is 1.64 bits per heavy atom. The largest absolute Gasteiger partial charge is 0.355 e. The molecule has 0 fully saturated rings. The fourth-order valence-corrected chi connectivity index (χ4v) is 1.02. The predicted molar refractivity (Wildman–Crippen MR) is 59.0 cm³/mol. The quantitative estimate of drug-likeness (QED) is 0.447. The molecule has 0 aromatic heterocycles. The van der Waals surface area contributed by atoms with Gasteiger partial charge in [-0.3, -0.25) is 4.79 Å². The minimum absolute atomic E-state index is 0.0938. The molecule has 0 rings (SSSR count). The van der Waals surface area contributed by atoms with E-state index in [0.717, 1.165) is 13.0 Å². The van der Waals surface area contributed by atoms with Gasteiger partial charge in [0, 0.05) is 6.54 Å². The predicted octanol–water partition coefficient (Wildman–Crippen LogP) is -0.0423. The van der Waals surface area contributed by atoms with Gasteiger partial charge in [-0.05, 0) is 33.5 Å². The first-order valence-electron chi connectivity index (χ1n) is 4.87. The summed E-state index contributed by atoms with van der Waals surface area (Å²) < 4.78 is 0. The van der Waals surface area contributed by atoms with Crippen molar-refractivity contribution in [1.29, 1.82) is 0 Å². The van der Waals surface area contributed by atoms with Crippen LogP contribution in [0.1, 0.15) is 12.8 Å². The lowest BCUT2D eigenvalue weighted by atomic mass is 10.2. The lowest BCUT2D eigenvalue weighted by Gasteiger charge is -2.12. The van der Waals surface area contributed by atoms with E-state index < -0.39 is 6.04 Å². The Morgan fingerprint density at radius 2 is 2.29 bits per heavy atom. The number of hydrogen-bond acceptors (Lipinski definition) is 3. The van der Waals surface area contributed by atoms with E-state index in [0.29, 0.717) is 13.0 Å². The van der Waals surface area contributed by atoms with E-state index in [1.165, 1.54) is 0 Å². The molecule has 0 saturated heterocycles. The normalized spacial score (nSPS) is 12.6. The van der Waals surface area contributed by atoms with Crippen LogP contribution in [0, 0.1) is 0 Å². The molecule has 82 valence electrons. The number of rotatable bonds is 7. The highest BCUT2D eigenvalue weighted by Gasteiger charge is 2.09. The molecule has 4 nitrogen and oxygen atoms in total. The second kappa shape index (κ2) is 7.53. The summed E-state index contributed by atoms with van der Waals surface area (Å²) in [5.41, 5.74) is 5.58. The second-order valence-electron chi connectivity index (χ2n) is 3.58. The summed E-state index contributed by atoms with van der Waals surface area (Å²) in [4.78, 5) is 13.4. The van der Waals surface area contributed by atoms with Gasteiger partial charge in [0.1, 0.15) is 0 Å². The molecule has 0 aliphatic heterocycles. The Hall–Kier alpha value is -0.870. The van der Waals surface area contributed by atoms with Gasteiger partial charge < -0.3 is 16.0 Å². The van der Waals surface area contributed by atoms with Crippen LogP contribution >= 0.6 is 0 Å². The lowest BCUT2D eigenvalue weighted by Crippen LogP contribution is -2.41. The molecule has 0 aliphatic rings. The number of nitrogens with one attached hydrogen (secondary N) is 1. The van der Waals surface area contributed by atoms with Crippen LogP contribution in [0.2, 0.25) is 0 Å².